The lowest BCUT2D eigenvalue weighted by molar-refractivity contribution is -0.132. The van der Waals surface area contributed by atoms with Crippen molar-refractivity contribution in [2.24, 2.45) is 11.8 Å². The second-order valence-corrected chi connectivity index (χ2v) is 8.62. The predicted octanol–water partition coefficient (Wildman–Crippen LogP) is 4.35. The molecule has 2 aliphatic rings. The quantitative estimate of drug-likeness (QED) is 0.758. The van der Waals surface area contributed by atoms with E-state index in [1.165, 1.54) is 22.3 Å². The minimum Gasteiger partial charge on any atom is -0.496 e. The highest BCUT2D eigenvalue weighted by Gasteiger charge is 2.48. The number of methoxy groups -OCH3 is 1. The molecule has 4 nitrogen and oxygen atoms in total. The molecular formula is C25H32N2O2. The van der Waals surface area contributed by atoms with Crippen LogP contribution < -0.4 is 4.74 Å². The largest absolute Gasteiger partial charge is 0.496 e. The van der Waals surface area contributed by atoms with Crippen molar-refractivity contribution >= 4 is 5.91 Å². The van der Waals surface area contributed by atoms with Crippen LogP contribution in [-0.2, 0) is 11.3 Å². The average Bonchev–Trinajstić information content (AvgIpc) is 3.27. The molecule has 0 bridgehead atoms. The Labute approximate surface area is 174 Å². The number of ether oxygens (including phenoxy) is 1. The standard InChI is InChI=1S/C25H32N2O2/c1-5-24(28)27-15-21-14-26(13-20-11-18(3)23(29-4)12-17(20)2)16-22(21)25(27)19-9-7-6-8-10-19/h6-12,21-22,25H,5,13-16H2,1-4H3/t21-,22-,25+/m0/s1. The maximum atomic E-state index is 12.6. The van der Waals surface area contributed by atoms with E-state index in [9.17, 15) is 4.79 Å². The number of hydrogen-bond donors (Lipinski definition) is 0. The summed E-state index contributed by atoms with van der Waals surface area (Å²) in [5, 5.41) is 0. The first kappa shape index (κ1) is 20.0. The number of amides is 1. The molecule has 2 fully saturated rings. The number of nitrogens with zero attached hydrogens (tertiary/aromatic N) is 2. The lowest BCUT2D eigenvalue weighted by Crippen LogP contribution is -2.35. The molecule has 0 aromatic heterocycles. The molecule has 2 aromatic rings. The van der Waals surface area contributed by atoms with Crippen LogP contribution in [-0.4, -0.2) is 42.5 Å². The van der Waals surface area contributed by atoms with Crippen LogP contribution in [0.1, 0.15) is 41.6 Å². The highest BCUT2D eigenvalue weighted by Crippen LogP contribution is 2.45. The zero-order valence-corrected chi connectivity index (χ0v) is 18.0. The third-order valence-corrected chi connectivity index (χ3v) is 6.75. The Kier molecular flexibility index (Phi) is 5.64. The van der Waals surface area contributed by atoms with E-state index in [4.69, 9.17) is 4.74 Å². The first-order valence-electron chi connectivity index (χ1n) is 10.7. The Morgan fingerprint density at radius 3 is 2.52 bits per heavy atom. The monoisotopic (exact) mass is 392 g/mol. The van der Waals surface area contributed by atoms with Crippen molar-refractivity contribution in [1.82, 2.24) is 9.80 Å². The number of rotatable bonds is 5. The third kappa shape index (κ3) is 3.78. The molecule has 2 aromatic carbocycles. The molecular weight excluding hydrogens is 360 g/mol. The number of benzene rings is 2. The molecule has 2 aliphatic heterocycles. The van der Waals surface area contributed by atoms with Gasteiger partial charge in [-0.05, 0) is 48.1 Å². The molecule has 0 radical (unpaired) electrons. The summed E-state index contributed by atoms with van der Waals surface area (Å²) in [4.78, 5) is 17.4. The summed E-state index contributed by atoms with van der Waals surface area (Å²) in [7, 11) is 1.73. The molecule has 0 unspecified atom stereocenters. The molecule has 0 N–H and O–H groups in total. The van der Waals surface area contributed by atoms with E-state index < -0.39 is 0 Å². The van der Waals surface area contributed by atoms with Crippen LogP contribution in [0, 0.1) is 25.7 Å². The highest BCUT2D eigenvalue weighted by molar-refractivity contribution is 5.77. The number of carbonyl (C=O) groups excluding carboxylic acids is 1. The number of carbonyl (C=O) groups is 1. The molecule has 2 saturated heterocycles. The van der Waals surface area contributed by atoms with Crippen molar-refractivity contribution < 1.29 is 9.53 Å². The third-order valence-electron chi connectivity index (χ3n) is 6.75. The van der Waals surface area contributed by atoms with Gasteiger partial charge in [-0.25, -0.2) is 0 Å². The van der Waals surface area contributed by atoms with Crippen molar-refractivity contribution in [3.63, 3.8) is 0 Å². The van der Waals surface area contributed by atoms with Crippen LogP contribution in [0.15, 0.2) is 42.5 Å². The van der Waals surface area contributed by atoms with Crippen molar-refractivity contribution in [2.75, 3.05) is 26.7 Å². The number of aryl methyl sites for hydroxylation is 2. The van der Waals surface area contributed by atoms with E-state index >= 15 is 0 Å². The fraction of sp³-hybridized carbons (Fsp3) is 0.480. The summed E-state index contributed by atoms with van der Waals surface area (Å²) in [5.74, 6) is 2.30. The van der Waals surface area contributed by atoms with Crippen LogP contribution in [0.4, 0.5) is 0 Å². The van der Waals surface area contributed by atoms with Gasteiger partial charge in [0, 0.05) is 38.5 Å². The first-order chi connectivity index (χ1) is 14.0. The molecule has 4 rings (SSSR count). The fourth-order valence-corrected chi connectivity index (χ4v) is 5.28. The Morgan fingerprint density at radius 1 is 1.07 bits per heavy atom. The number of hydrogen-bond acceptors (Lipinski definition) is 3. The maximum absolute atomic E-state index is 12.6. The van der Waals surface area contributed by atoms with Crippen LogP contribution in [0.3, 0.4) is 0 Å². The van der Waals surface area contributed by atoms with E-state index in [-0.39, 0.29) is 11.9 Å². The number of fused-ring (bicyclic) bond motifs is 1. The van der Waals surface area contributed by atoms with Crippen LogP contribution in [0.25, 0.3) is 0 Å². The average molecular weight is 393 g/mol. The highest BCUT2D eigenvalue weighted by atomic mass is 16.5. The summed E-state index contributed by atoms with van der Waals surface area (Å²) in [6, 6.07) is 15.2. The molecule has 0 aliphatic carbocycles. The minimum absolute atomic E-state index is 0.206. The van der Waals surface area contributed by atoms with Gasteiger partial charge in [0.2, 0.25) is 5.91 Å². The molecule has 1 amide bonds. The second kappa shape index (κ2) is 8.19. The summed E-state index contributed by atoms with van der Waals surface area (Å²) >= 11 is 0. The van der Waals surface area contributed by atoms with E-state index in [1.54, 1.807) is 7.11 Å². The molecule has 2 heterocycles. The van der Waals surface area contributed by atoms with E-state index in [0.717, 1.165) is 31.9 Å². The lowest BCUT2D eigenvalue weighted by atomic mass is 9.89. The zero-order valence-electron chi connectivity index (χ0n) is 18.0. The van der Waals surface area contributed by atoms with Gasteiger partial charge in [0.1, 0.15) is 5.75 Å². The summed E-state index contributed by atoms with van der Waals surface area (Å²) in [5.41, 5.74) is 5.13. The Balaban J connectivity index is 1.54. The van der Waals surface area contributed by atoms with E-state index in [2.05, 4.69) is 66.1 Å². The summed E-state index contributed by atoms with van der Waals surface area (Å²) in [6.45, 7) is 10.2. The topological polar surface area (TPSA) is 32.8 Å². The second-order valence-electron chi connectivity index (χ2n) is 8.62. The van der Waals surface area contributed by atoms with Crippen molar-refractivity contribution in [2.45, 2.75) is 39.8 Å². The van der Waals surface area contributed by atoms with Gasteiger partial charge in [-0.15, -0.1) is 0 Å². The van der Waals surface area contributed by atoms with Crippen molar-refractivity contribution in [3.05, 3.63) is 64.7 Å². The van der Waals surface area contributed by atoms with Gasteiger partial charge in [0.25, 0.3) is 0 Å². The van der Waals surface area contributed by atoms with Crippen LogP contribution >= 0.6 is 0 Å². The van der Waals surface area contributed by atoms with E-state index in [1.807, 2.05) is 6.92 Å². The molecule has 154 valence electrons. The lowest BCUT2D eigenvalue weighted by Gasteiger charge is -2.30. The van der Waals surface area contributed by atoms with Crippen LogP contribution in [0.2, 0.25) is 0 Å². The Hall–Kier alpha value is -2.33. The van der Waals surface area contributed by atoms with Gasteiger partial charge >= 0.3 is 0 Å². The van der Waals surface area contributed by atoms with Crippen LogP contribution in [0.5, 0.6) is 5.75 Å². The normalized spacial score (nSPS) is 24.0. The van der Waals surface area contributed by atoms with Gasteiger partial charge < -0.3 is 9.64 Å². The molecule has 29 heavy (non-hydrogen) atoms. The van der Waals surface area contributed by atoms with E-state index in [0.29, 0.717) is 18.3 Å². The molecule has 3 atom stereocenters. The predicted molar refractivity (Wildman–Crippen MR) is 116 cm³/mol. The Morgan fingerprint density at radius 2 is 1.83 bits per heavy atom. The van der Waals surface area contributed by atoms with Gasteiger partial charge in [0.05, 0.1) is 13.2 Å². The minimum atomic E-state index is 0.206. The van der Waals surface area contributed by atoms with Gasteiger partial charge in [-0.3, -0.25) is 9.69 Å². The molecule has 0 saturated carbocycles. The molecule has 4 heteroatoms. The smallest absolute Gasteiger partial charge is 0.222 e. The fourth-order valence-electron chi connectivity index (χ4n) is 5.28. The summed E-state index contributed by atoms with van der Waals surface area (Å²) in [6.07, 6.45) is 0.580. The van der Waals surface area contributed by atoms with Gasteiger partial charge in [-0.1, -0.05) is 43.3 Å². The molecule has 0 spiro atoms. The SMILES string of the molecule is CCC(=O)N1C[C@@H]2CN(Cc3cc(C)c(OC)cc3C)C[C@@H]2[C@H]1c1ccccc1. The Bertz CT molecular complexity index is 880. The van der Waals surface area contributed by atoms with Gasteiger partial charge in [0.15, 0.2) is 0 Å². The van der Waals surface area contributed by atoms with Crippen molar-refractivity contribution in [1.29, 1.82) is 0 Å². The number of likely N-dealkylation sites (tertiary alicyclic amines) is 2. The zero-order chi connectivity index (χ0) is 20.5. The van der Waals surface area contributed by atoms with Crippen molar-refractivity contribution in [3.8, 4) is 5.75 Å². The summed E-state index contributed by atoms with van der Waals surface area (Å²) < 4.78 is 5.47. The first-order valence-corrected chi connectivity index (χ1v) is 10.7. The van der Waals surface area contributed by atoms with Gasteiger partial charge in [-0.2, -0.15) is 0 Å². The maximum Gasteiger partial charge on any atom is 0.222 e.